The summed E-state index contributed by atoms with van der Waals surface area (Å²) in [7, 11) is 2.74. The maximum Gasteiger partial charge on any atom is 0.328 e. The topological polar surface area (TPSA) is 102 Å². The number of hydrogen-bond acceptors (Lipinski definition) is 5. The number of ether oxygens (including phenoxy) is 1. The lowest BCUT2D eigenvalue weighted by Gasteiger charge is -2.05. The van der Waals surface area contributed by atoms with Gasteiger partial charge in [-0.05, 0) is 12.1 Å². The maximum atomic E-state index is 11.7. The number of benzene rings is 1. The van der Waals surface area contributed by atoms with Crippen LogP contribution in [0, 0.1) is 10.1 Å². The number of urea groups is 1. The van der Waals surface area contributed by atoms with Crippen molar-refractivity contribution in [1.29, 1.82) is 0 Å². The second-order valence-corrected chi connectivity index (χ2v) is 4.04. The fourth-order valence-corrected chi connectivity index (χ4v) is 1.73. The average Bonchev–Trinajstić information content (AvgIpc) is 2.66. The number of nitrogens with zero attached hydrogens (tertiary/aromatic N) is 2. The van der Waals surface area contributed by atoms with Crippen molar-refractivity contribution in [2.45, 2.75) is 0 Å². The molecule has 0 saturated carbocycles. The van der Waals surface area contributed by atoms with Crippen LogP contribution in [0.4, 0.5) is 10.5 Å². The molecule has 1 N–H and O–H groups in total. The third-order valence-corrected chi connectivity index (χ3v) is 2.81. The number of carbonyl (C=O) groups is 2. The van der Waals surface area contributed by atoms with Gasteiger partial charge < -0.3 is 10.1 Å². The fourth-order valence-electron chi connectivity index (χ4n) is 1.73. The molecule has 104 valence electrons. The predicted octanol–water partition coefficient (Wildman–Crippen LogP) is 1.13. The van der Waals surface area contributed by atoms with Gasteiger partial charge in [-0.1, -0.05) is 0 Å². The summed E-state index contributed by atoms with van der Waals surface area (Å²) in [6.45, 7) is 0. The Morgan fingerprint density at radius 2 is 2.10 bits per heavy atom. The van der Waals surface area contributed by atoms with Crippen molar-refractivity contribution in [3.8, 4) is 5.75 Å². The monoisotopic (exact) mass is 277 g/mol. The molecule has 0 unspecified atom stereocenters. The van der Waals surface area contributed by atoms with E-state index < -0.39 is 16.9 Å². The van der Waals surface area contributed by atoms with Gasteiger partial charge in [0.2, 0.25) is 0 Å². The van der Waals surface area contributed by atoms with Crippen LogP contribution in [0.2, 0.25) is 0 Å². The van der Waals surface area contributed by atoms with Gasteiger partial charge >= 0.3 is 6.03 Å². The second-order valence-electron chi connectivity index (χ2n) is 4.04. The Bertz CT molecular complexity index is 638. The molecule has 1 aliphatic rings. The van der Waals surface area contributed by atoms with Crippen LogP contribution in [-0.2, 0) is 4.79 Å². The number of amides is 3. The largest absolute Gasteiger partial charge is 0.496 e. The number of nitro benzene ring substituents is 1. The summed E-state index contributed by atoms with van der Waals surface area (Å²) < 4.78 is 5.07. The first-order valence-electron chi connectivity index (χ1n) is 5.57. The van der Waals surface area contributed by atoms with Crippen LogP contribution in [0.3, 0.4) is 0 Å². The van der Waals surface area contributed by atoms with Gasteiger partial charge in [0, 0.05) is 24.7 Å². The quantitative estimate of drug-likeness (QED) is 0.386. The lowest BCUT2D eigenvalue weighted by molar-refractivity contribution is -0.384. The molecule has 20 heavy (non-hydrogen) atoms. The van der Waals surface area contributed by atoms with Crippen molar-refractivity contribution < 1.29 is 19.2 Å². The molecule has 0 aromatic heterocycles. The van der Waals surface area contributed by atoms with Crippen LogP contribution in [-0.4, -0.2) is 35.9 Å². The van der Waals surface area contributed by atoms with E-state index in [1.54, 1.807) is 0 Å². The molecule has 8 heteroatoms. The Morgan fingerprint density at radius 3 is 2.60 bits per heavy atom. The molecule has 1 fully saturated rings. The van der Waals surface area contributed by atoms with E-state index in [9.17, 15) is 19.7 Å². The first kappa shape index (κ1) is 13.5. The van der Waals surface area contributed by atoms with E-state index in [1.165, 1.54) is 38.4 Å². The Kier molecular flexibility index (Phi) is 3.38. The van der Waals surface area contributed by atoms with Gasteiger partial charge in [-0.25, -0.2) is 4.79 Å². The summed E-state index contributed by atoms with van der Waals surface area (Å²) >= 11 is 0. The first-order chi connectivity index (χ1) is 9.43. The zero-order chi connectivity index (χ0) is 14.9. The van der Waals surface area contributed by atoms with E-state index in [0.717, 1.165) is 4.90 Å². The number of non-ortho nitro benzene ring substituents is 1. The minimum absolute atomic E-state index is 0.0382. The van der Waals surface area contributed by atoms with Crippen LogP contribution in [0.5, 0.6) is 5.75 Å². The minimum atomic E-state index is -0.553. The van der Waals surface area contributed by atoms with Gasteiger partial charge in [0.25, 0.3) is 11.6 Å². The number of rotatable bonds is 3. The van der Waals surface area contributed by atoms with Crippen molar-refractivity contribution in [3.63, 3.8) is 0 Å². The predicted molar refractivity (Wildman–Crippen MR) is 68.9 cm³/mol. The van der Waals surface area contributed by atoms with Crippen LogP contribution < -0.4 is 10.1 Å². The Morgan fingerprint density at radius 1 is 1.40 bits per heavy atom. The molecule has 1 aromatic rings. The highest BCUT2D eigenvalue weighted by molar-refractivity contribution is 6.13. The number of nitro groups is 1. The molecule has 0 aliphatic carbocycles. The van der Waals surface area contributed by atoms with Gasteiger partial charge in [0.1, 0.15) is 11.4 Å². The number of imide groups is 1. The SMILES string of the molecule is COc1ccc([N+](=O)[O-])cc1/C=C1/NC(=O)N(C)C1=O. The standard InChI is InChI=1S/C12H11N3O5/c1-14-11(16)9(13-12(14)17)6-7-5-8(15(18)19)3-4-10(7)20-2/h3-6H,1-2H3,(H,13,17)/b9-6+. The van der Waals surface area contributed by atoms with Crippen LogP contribution in [0.25, 0.3) is 6.08 Å². The zero-order valence-corrected chi connectivity index (χ0v) is 10.7. The van der Waals surface area contributed by atoms with E-state index in [0.29, 0.717) is 11.3 Å². The molecule has 8 nitrogen and oxygen atoms in total. The molecule has 1 heterocycles. The van der Waals surface area contributed by atoms with E-state index in [-0.39, 0.29) is 11.4 Å². The van der Waals surface area contributed by atoms with Gasteiger partial charge in [-0.2, -0.15) is 0 Å². The lowest BCUT2D eigenvalue weighted by Crippen LogP contribution is -2.25. The van der Waals surface area contributed by atoms with E-state index in [1.807, 2.05) is 0 Å². The molecule has 0 radical (unpaired) electrons. The summed E-state index contributed by atoms with van der Waals surface area (Å²) in [5.74, 6) is -0.150. The molecular weight excluding hydrogens is 266 g/mol. The van der Waals surface area contributed by atoms with E-state index in [2.05, 4.69) is 5.32 Å². The lowest BCUT2D eigenvalue weighted by atomic mass is 10.1. The smallest absolute Gasteiger partial charge is 0.328 e. The molecule has 0 bridgehead atoms. The fraction of sp³-hybridized carbons (Fsp3) is 0.167. The Labute approximate surface area is 113 Å². The summed E-state index contributed by atoms with van der Waals surface area (Å²) in [4.78, 5) is 34.2. The van der Waals surface area contributed by atoms with E-state index >= 15 is 0 Å². The Hall–Kier alpha value is -2.90. The van der Waals surface area contributed by atoms with Crippen molar-refractivity contribution >= 4 is 23.7 Å². The first-order valence-corrected chi connectivity index (χ1v) is 5.57. The number of likely N-dealkylation sites (N-methyl/N-ethyl adjacent to an activating group) is 1. The highest BCUT2D eigenvalue weighted by Crippen LogP contribution is 2.26. The van der Waals surface area contributed by atoms with Gasteiger partial charge in [0.15, 0.2) is 0 Å². The van der Waals surface area contributed by atoms with E-state index in [4.69, 9.17) is 4.74 Å². The molecule has 0 atom stereocenters. The average molecular weight is 277 g/mol. The molecule has 0 spiro atoms. The summed E-state index contributed by atoms with van der Waals surface area (Å²) in [5, 5.41) is 13.1. The molecule has 2 rings (SSSR count). The molecule has 3 amide bonds. The number of nitrogens with one attached hydrogen (secondary N) is 1. The highest BCUT2D eigenvalue weighted by atomic mass is 16.6. The third-order valence-electron chi connectivity index (χ3n) is 2.81. The zero-order valence-electron chi connectivity index (χ0n) is 10.7. The van der Waals surface area contributed by atoms with Gasteiger partial charge in [-0.3, -0.25) is 19.8 Å². The van der Waals surface area contributed by atoms with Gasteiger partial charge in [0.05, 0.1) is 12.0 Å². The molecular formula is C12H11N3O5. The van der Waals surface area contributed by atoms with Crippen molar-refractivity contribution in [2.75, 3.05) is 14.2 Å². The maximum absolute atomic E-state index is 11.7. The normalized spacial score (nSPS) is 16.5. The highest BCUT2D eigenvalue weighted by Gasteiger charge is 2.30. The molecule has 1 saturated heterocycles. The summed E-state index contributed by atoms with van der Waals surface area (Å²) in [6.07, 6.45) is 1.34. The summed E-state index contributed by atoms with van der Waals surface area (Å²) in [5.41, 5.74) is 0.236. The second kappa shape index (κ2) is 5.00. The van der Waals surface area contributed by atoms with Gasteiger partial charge in [-0.15, -0.1) is 0 Å². The number of methoxy groups -OCH3 is 1. The molecule has 1 aromatic carbocycles. The van der Waals surface area contributed by atoms with Crippen LogP contribution in [0.1, 0.15) is 5.56 Å². The third kappa shape index (κ3) is 2.30. The van der Waals surface area contributed by atoms with Crippen LogP contribution >= 0.6 is 0 Å². The number of hydrogen-bond donors (Lipinski definition) is 1. The van der Waals surface area contributed by atoms with Crippen molar-refractivity contribution in [2.24, 2.45) is 0 Å². The summed E-state index contributed by atoms with van der Waals surface area (Å²) in [6, 6.07) is 3.44. The van der Waals surface area contributed by atoms with Crippen LogP contribution in [0.15, 0.2) is 23.9 Å². The number of carbonyl (C=O) groups excluding carboxylic acids is 2. The molecule has 1 aliphatic heterocycles. The minimum Gasteiger partial charge on any atom is -0.496 e. The van der Waals surface area contributed by atoms with Crippen molar-refractivity contribution in [1.82, 2.24) is 10.2 Å². The Balaban J connectivity index is 2.47. The van der Waals surface area contributed by atoms with Crippen molar-refractivity contribution in [3.05, 3.63) is 39.6 Å².